The Morgan fingerprint density at radius 1 is 0.552 bits per heavy atom. The molecule has 0 bridgehead atoms. The predicted octanol–water partition coefficient (Wildman–Crippen LogP) is 11.9. The first-order chi connectivity index (χ1) is 28.3. The second kappa shape index (κ2) is 13.3. The summed E-state index contributed by atoms with van der Waals surface area (Å²) in [6.45, 7) is 8.13. The van der Waals surface area contributed by atoms with Crippen LogP contribution in [0.5, 0.6) is 0 Å². The van der Waals surface area contributed by atoms with Crippen LogP contribution < -0.4 is 0 Å². The van der Waals surface area contributed by atoms with Crippen molar-refractivity contribution in [1.29, 1.82) is 5.26 Å². The number of fused-ring (bicyclic) bond motifs is 6. The average Bonchev–Trinajstić information content (AvgIpc) is 3.78. The van der Waals surface area contributed by atoms with Gasteiger partial charge in [-0.1, -0.05) is 78.9 Å². The molecule has 0 amide bonds. The first-order valence-electron chi connectivity index (χ1n) is 18.1. The molecular weight excluding hydrogens is 734 g/mol. The summed E-state index contributed by atoms with van der Waals surface area (Å²) in [5, 5.41) is 14.5. The topological polar surface area (TPSA) is 89.6 Å². The second-order valence-corrected chi connectivity index (χ2v) is 13.6. The van der Waals surface area contributed by atoms with Gasteiger partial charge in [0.15, 0.2) is 17.3 Å². The highest BCUT2D eigenvalue weighted by Gasteiger charge is 2.36. The van der Waals surface area contributed by atoms with Crippen LogP contribution in [0.4, 0.5) is 18.9 Å². The molecule has 0 saturated heterocycles. The molecule has 0 unspecified atom stereocenters. The lowest BCUT2D eigenvalue weighted by molar-refractivity contribution is -0.137. The van der Waals surface area contributed by atoms with Crippen LogP contribution in [0.25, 0.3) is 93.7 Å². The Labute approximate surface area is 328 Å². The van der Waals surface area contributed by atoms with E-state index in [-0.39, 0.29) is 22.4 Å². The van der Waals surface area contributed by atoms with Crippen molar-refractivity contribution in [2.24, 2.45) is 0 Å². The first-order valence-corrected chi connectivity index (χ1v) is 18.1. The van der Waals surface area contributed by atoms with E-state index in [0.29, 0.717) is 50.7 Å². The second-order valence-electron chi connectivity index (χ2n) is 13.6. The van der Waals surface area contributed by atoms with E-state index in [0.717, 1.165) is 33.1 Å². The molecule has 10 aromatic rings. The van der Waals surface area contributed by atoms with E-state index < -0.39 is 11.7 Å². The number of para-hydroxylation sites is 2. The molecule has 0 saturated carbocycles. The summed E-state index contributed by atoms with van der Waals surface area (Å²) in [7, 11) is 0. The maximum atomic E-state index is 15.2. The average molecular weight is 759 g/mol. The monoisotopic (exact) mass is 758 g/mol. The standard InChI is InChI=1S/C47H25F3N8/c1-52-37-12-6-11-36(47(48,49)50)44(37)35-26-40(57-38-13-4-2-9-31(38)33-17-15-28(23-41(33)57)45-53-19-7-20-54-45)30(27-51)25-43(35)58-39-14-5-3-10-32(39)34-18-16-29(24-42(34)58)46-55-21-8-22-56-46/h2-26H. The van der Waals surface area contributed by atoms with E-state index >= 15 is 13.2 Å². The minimum absolute atomic E-state index is 0.116. The third-order valence-corrected chi connectivity index (χ3v) is 10.4. The third kappa shape index (κ3) is 5.37. The van der Waals surface area contributed by atoms with Crippen LogP contribution in [0.3, 0.4) is 0 Å². The quantitative estimate of drug-likeness (QED) is 0.163. The van der Waals surface area contributed by atoms with Crippen molar-refractivity contribution in [3.63, 3.8) is 0 Å². The van der Waals surface area contributed by atoms with Crippen molar-refractivity contribution in [3.05, 3.63) is 175 Å². The van der Waals surface area contributed by atoms with Gasteiger partial charge in [-0.15, -0.1) is 0 Å². The van der Waals surface area contributed by atoms with Gasteiger partial charge in [0.2, 0.25) is 0 Å². The largest absolute Gasteiger partial charge is 0.415 e. The van der Waals surface area contributed by atoms with Crippen molar-refractivity contribution < 1.29 is 13.2 Å². The highest BCUT2D eigenvalue weighted by molar-refractivity contribution is 6.12. The van der Waals surface area contributed by atoms with Gasteiger partial charge >= 0.3 is 6.18 Å². The number of nitrogens with zero attached hydrogens (tertiary/aromatic N) is 8. The Kier molecular flexibility index (Phi) is 7.85. The zero-order valence-corrected chi connectivity index (χ0v) is 30.1. The smallest absolute Gasteiger partial charge is 0.309 e. The lowest BCUT2D eigenvalue weighted by atomic mass is 9.93. The zero-order valence-electron chi connectivity index (χ0n) is 30.1. The highest BCUT2D eigenvalue weighted by Crippen LogP contribution is 2.48. The number of alkyl halides is 3. The summed E-state index contributed by atoms with van der Waals surface area (Å²) in [6.07, 6.45) is 1.76. The number of hydrogen-bond donors (Lipinski definition) is 0. The molecule has 11 heteroatoms. The number of aromatic nitrogens is 6. The van der Waals surface area contributed by atoms with Crippen molar-refractivity contribution in [1.82, 2.24) is 29.1 Å². The van der Waals surface area contributed by atoms with E-state index in [9.17, 15) is 5.26 Å². The van der Waals surface area contributed by atoms with Gasteiger partial charge in [-0.3, -0.25) is 0 Å². The van der Waals surface area contributed by atoms with Crippen LogP contribution in [-0.4, -0.2) is 29.1 Å². The molecule has 10 rings (SSSR count). The summed E-state index contributed by atoms with van der Waals surface area (Å²) in [4.78, 5) is 21.4. The van der Waals surface area contributed by atoms with Gasteiger partial charge < -0.3 is 9.13 Å². The Morgan fingerprint density at radius 3 is 1.59 bits per heavy atom. The lowest BCUT2D eigenvalue weighted by Crippen LogP contribution is -2.10. The van der Waals surface area contributed by atoms with Crippen LogP contribution in [0.2, 0.25) is 0 Å². The molecule has 4 heterocycles. The number of nitriles is 1. The van der Waals surface area contributed by atoms with Gasteiger partial charge in [0.25, 0.3) is 0 Å². The van der Waals surface area contributed by atoms with Gasteiger partial charge in [-0.05, 0) is 54.1 Å². The molecule has 4 aromatic heterocycles. The third-order valence-electron chi connectivity index (χ3n) is 10.4. The SMILES string of the molecule is [C-]#[N+]c1cccc(C(F)(F)F)c1-c1cc(-n2c3ccccc3c3ccc(-c4ncccn4)cc32)c(C#N)cc1-n1c2ccccc2c2ccc(-c3ncccn3)cc21. The highest BCUT2D eigenvalue weighted by atomic mass is 19.4. The van der Waals surface area contributed by atoms with Gasteiger partial charge in [0, 0.05) is 63.0 Å². The van der Waals surface area contributed by atoms with Gasteiger partial charge in [0.1, 0.15) is 6.07 Å². The molecule has 0 fully saturated rings. The van der Waals surface area contributed by atoms with Gasteiger partial charge in [-0.2, -0.15) is 18.4 Å². The van der Waals surface area contributed by atoms with Crippen LogP contribution in [-0.2, 0) is 6.18 Å². The Balaban J connectivity index is 1.37. The first kappa shape index (κ1) is 34.3. The summed E-state index contributed by atoms with van der Waals surface area (Å²) >= 11 is 0. The Bertz CT molecular complexity index is 3360. The van der Waals surface area contributed by atoms with Crippen molar-refractivity contribution in [2.75, 3.05) is 0 Å². The molecule has 0 atom stereocenters. The van der Waals surface area contributed by atoms with E-state index in [1.165, 1.54) is 12.1 Å². The number of hydrogen-bond acceptors (Lipinski definition) is 5. The number of halogens is 3. The summed E-state index contributed by atoms with van der Waals surface area (Å²) in [6, 6.07) is 39.6. The molecule has 0 radical (unpaired) electrons. The fraction of sp³-hybridized carbons (Fsp3) is 0.0213. The van der Waals surface area contributed by atoms with Crippen LogP contribution >= 0.6 is 0 Å². The molecule has 6 aromatic carbocycles. The normalized spacial score (nSPS) is 11.7. The molecule has 0 spiro atoms. The van der Waals surface area contributed by atoms with Crippen molar-refractivity contribution >= 4 is 49.3 Å². The molecule has 0 aliphatic carbocycles. The lowest BCUT2D eigenvalue weighted by Gasteiger charge is -2.22. The minimum atomic E-state index is -4.82. The molecule has 0 N–H and O–H groups in total. The number of rotatable bonds is 5. The Morgan fingerprint density at radius 2 is 1.07 bits per heavy atom. The fourth-order valence-corrected chi connectivity index (χ4v) is 8.02. The summed E-state index contributed by atoms with van der Waals surface area (Å²) in [5.74, 6) is 0.962. The maximum absolute atomic E-state index is 15.2. The Hall–Kier alpha value is -8.15. The molecule has 0 aliphatic rings. The predicted molar refractivity (Wildman–Crippen MR) is 219 cm³/mol. The summed E-state index contributed by atoms with van der Waals surface area (Å²) in [5.41, 5.74) is 3.68. The zero-order chi connectivity index (χ0) is 39.5. The van der Waals surface area contributed by atoms with E-state index in [1.807, 2.05) is 94.1 Å². The van der Waals surface area contributed by atoms with Crippen LogP contribution in [0.15, 0.2) is 152 Å². The molecular formula is C47H25F3N8. The van der Waals surface area contributed by atoms with E-state index in [2.05, 4.69) is 30.9 Å². The van der Waals surface area contributed by atoms with E-state index in [4.69, 9.17) is 6.57 Å². The fourth-order valence-electron chi connectivity index (χ4n) is 8.02. The van der Waals surface area contributed by atoms with Gasteiger partial charge in [0.05, 0.1) is 51.1 Å². The van der Waals surface area contributed by atoms with Crippen LogP contribution in [0.1, 0.15) is 11.1 Å². The molecule has 0 aliphatic heterocycles. The van der Waals surface area contributed by atoms with Crippen molar-refractivity contribution in [2.45, 2.75) is 6.18 Å². The molecule has 8 nitrogen and oxygen atoms in total. The maximum Gasteiger partial charge on any atom is 0.415 e. The molecule has 274 valence electrons. The number of benzene rings is 6. The van der Waals surface area contributed by atoms with Crippen LogP contribution in [0, 0.1) is 17.9 Å². The van der Waals surface area contributed by atoms with E-state index in [1.54, 1.807) is 49.1 Å². The van der Waals surface area contributed by atoms with Crippen molar-refractivity contribution in [3.8, 4) is 51.3 Å². The van der Waals surface area contributed by atoms with Gasteiger partial charge in [-0.25, -0.2) is 24.8 Å². The summed E-state index contributed by atoms with van der Waals surface area (Å²) < 4.78 is 49.4. The molecule has 58 heavy (non-hydrogen) atoms. The minimum Gasteiger partial charge on any atom is -0.309 e.